The van der Waals surface area contributed by atoms with E-state index in [2.05, 4.69) is 4.84 Å². The van der Waals surface area contributed by atoms with E-state index in [-0.39, 0.29) is 13.2 Å². The van der Waals surface area contributed by atoms with Gasteiger partial charge < -0.3 is 14.3 Å². The monoisotopic (exact) mass is 347 g/mol. The van der Waals surface area contributed by atoms with Crippen molar-refractivity contribution in [2.24, 2.45) is 0 Å². The molecule has 134 valence electrons. The Bertz CT molecular complexity index is 742. The van der Waals surface area contributed by atoms with Crippen LogP contribution in [0.1, 0.15) is 25.3 Å². The van der Waals surface area contributed by atoms with Crippen molar-refractivity contribution in [2.75, 3.05) is 20.3 Å². The number of esters is 1. The van der Waals surface area contributed by atoms with Crippen LogP contribution in [0.2, 0.25) is 0 Å². The molecule has 0 aromatic heterocycles. The standard InChI is InChI=1S/C18H21NO6/c1-18(23-2,17(20)24-12-5-6-13-25-19(21)22)16-11-7-9-14-8-3-4-10-15(14)16/h3-4,7-11H,5-6,12-13H2,1-2H3/t18-/m0/s1. The number of benzene rings is 2. The number of hydrogen-bond donors (Lipinski definition) is 0. The fourth-order valence-electron chi connectivity index (χ4n) is 2.59. The average Bonchev–Trinajstić information content (AvgIpc) is 2.63. The van der Waals surface area contributed by atoms with Gasteiger partial charge in [0.05, 0.1) is 13.2 Å². The van der Waals surface area contributed by atoms with Crippen LogP contribution in [-0.2, 0) is 24.7 Å². The van der Waals surface area contributed by atoms with E-state index in [1.165, 1.54) is 7.11 Å². The molecule has 1 atom stereocenters. The third-order valence-electron chi connectivity index (χ3n) is 4.07. The molecule has 0 saturated heterocycles. The molecule has 2 aromatic rings. The summed E-state index contributed by atoms with van der Waals surface area (Å²) >= 11 is 0. The summed E-state index contributed by atoms with van der Waals surface area (Å²) in [5.41, 5.74) is -0.507. The van der Waals surface area contributed by atoms with Crippen molar-refractivity contribution in [2.45, 2.75) is 25.4 Å². The highest BCUT2D eigenvalue weighted by molar-refractivity contribution is 5.92. The summed E-state index contributed by atoms with van der Waals surface area (Å²) in [7, 11) is 1.47. The van der Waals surface area contributed by atoms with Crippen LogP contribution in [0.15, 0.2) is 42.5 Å². The zero-order valence-corrected chi connectivity index (χ0v) is 14.3. The summed E-state index contributed by atoms with van der Waals surface area (Å²) in [6.07, 6.45) is 0.890. The predicted octanol–water partition coefficient (Wildman–Crippen LogP) is 3.23. The summed E-state index contributed by atoms with van der Waals surface area (Å²) in [6.45, 7) is 1.80. The van der Waals surface area contributed by atoms with Crippen molar-refractivity contribution < 1.29 is 24.2 Å². The molecule has 0 aliphatic rings. The van der Waals surface area contributed by atoms with Crippen molar-refractivity contribution in [1.82, 2.24) is 0 Å². The van der Waals surface area contributed by atoms with Gasteiger partial charge in [0, 0.05) is 12.7 Å². The molecule has 0 radical (unpaired) electrons. The lowest BCUT2D eigenvalue weighted by molar-refractivity contribution is -0.757. The quantitative estimate of drug-likeness (QED) is 0.299. The van der Waals surface area contributed by atoms with E-state index < -0.39 is 16.7 Å². The summed E-state index contributed by atoms with van der Waals surface area (Å²) in [5.74, 6) is -0.499. The van der Waals surface area contributed by atoms with Gasteiger partial charge in [0.1, 0.15) is 0 Å². The first-order valence-electron chi connectivity index (χ1n) is 7.97. The SMILES string of the molecule is CO[C@](C)(C(=O)OCCCCO[N+](=O)[O-])c1cccc2ccccc12. The molecule has 2 rings (SSSR count). The minimum Gasteiger partial charge on any atom is -0.463 e. The number of fused-ring (bicyclic) bond motifs is 1. The lowest BCUT2D eigenvalue weighted by Crippen LogP contribution is -2.36. The first-order valence-corrected chi connectivity index (χ1v) is 7.97. The maximum Gasteiger partial charge on any atom is 0.342 e. The van der Waals surface area contributed by atoms with Crippen LogP contribution in [0.3, 0.4) is 0 Å². The number of nitrogens with zero attached hydrogens (tertiary/aromatic N) is 1. The highest BCUT2D eigenvalue weighted by Gasteiger charge is 2.38. The van der Waals surface area contributed by atoms with Crippen molar-refractivity contribution in [1.29, 1.82) is 0 Å². The molecule has 0 spiro atoms. The summed E-state index contributed by atoms with van der Waals surface area (Å²) < 4.78 is 10.8. The van der Waals surface area contributed by atoms with E-state index in [9.17, 15) is 14.9 Å². The van der Waals surface area contributed by atoms with Gasteiger partial charge in [-0.1, -0.05) is 42.5 Å². The Labute approximate surface area is 145 Å². The summed E-state index contributed by atoms with van der Waals surface area (Å²) in [4.78, 5) is 26.9. The third kappa shape index (κ3) is 4.45. The molecule has 0 amide bonds. The van der Waals surface area contributed by atoms with Crippen molar-refractivity contribution >= 4 is 16.7 Å². The number of unbranched alkanes of at least 4 members (excludes halogenated alkanes) is 1. The van der Waals surface area contributed by atoms with Gasteiger partial charge in [-0.3, -0.25) is 0 Å². The number of carbonyl (C=O) groups excluding carboxylic acids is 1. The van der Waals surface area contributed by atoms with E-state index >= 15 is 0 Å². The highest BCUT2D eigenvalue weighted by atomic mass is 16.9. The number of methoxy groups -OCH3 is 1. The van der Waals surface area contributed by atoms with Crippen LogP contribution in [0.25, 0.3) is 10.8 Å². The first-order chi connectivity index (χ1) is 12.0. The zero-order valence-electron chi connectivity index (χ0n) is 14.3. The third-order valence-corrected chi connectivity index (χ3v) is 4.07. The molecule has 0 bridgehead atoms. The minimum atomic E-state index is -1.24. The Morgan fingerprint density at radius 2 is 1.80 bits per heavy atom. The second-order valence-electron chi connectivity index (χ2n) is 5.66. The van der Waals surface area contributed by atoms with Gasteiger partial charge in [0.2, 0.25) is 0 Å². The summed E-state index contributed by atoms with van der Waals surface area (Å²) in [5, 5.41) is 11.1. The lowest BCUT2D eigenvalue weighted by atomic mass is 9.90. The molecule has 0 unspecified atom stereocenters. The van der Waals surface area contributed by atoms with Crippen LogP contribution in [0.5, 0.6) is 0 Å². The number of ether oxygens (including phenoxy) is 2. The van der Waals surface area contributed by atoms with E-state index in [0.29, 0.717) is 12.8 Å². The topological polar surface area (TPSA) is 87.9 Å². The van der Waals surface area contributed by atoms with Crippen LogP contribution in [-0.4, -0.2) is 31.4 Å². The Morgan fingerprint density at radius 1 is 1.12 bits per heavy atom. The van der Waals surface area contributed by atoms with E-state index in [4.69, 9.17) is 9.47 Å². The maximum absolute atomic E-state index is 12.6. The van der Waals surface area contributed by atoms with Crippen LogP contribution in [0, 0.1) is 10.1 Å². The number of rotatable bonds is 9. The van der Waals surface area contributed by atoms with Gasteiger partial charge in [-0.05, 0) is 30.5 Å². The largest absolute Gasteiger partial charge is 0.463 e. The molecule has 25 heavy (non-hydrogen) atoms. The average molecular weight is 347 g/mol. The van der Waals surface area contributed by atoms with Crippen LogP contribution in [0.4, 0.5) is 0 Å². The second kappa shape index (κ2) is 8.43. The molecule has 0 heterocycles. The molecular weight excluding hydrogens is 326 g/mol. The lowest BCUT2D eigenvalue weighted by Gasteiger charge is -2.27. The molecule has 7 nitrogen and oxygen atoms in total. The highest BCUT2D eigenvalue weighted by Crippen LogP contribution is 2.32. The Hall–Kier alpha value is -2.67. The predicted molar refractivity (Wildman–Crippen MR) is 91.4 cm³/mol. The Morgan fingerprint density at radius 3 is 2.52 bits per heavy atom. The molecular formula is C18H21NO6. The van der Waals surface area contributed by atoms with E-state index in [1.807, 2.05) is 42.5 Å². The molecule has 0 fully saturated rings. The van der Waals surface area contributed by atoms with Gasteiger partial charge >= 0.3 is 5.97 Å². The Kier molecular flexibility index (Phi) is 6.30. The molecule has 0 saturated carbocycles. The fourth-order valence-corrected chi connectivity index (χ4v) is 2.59. The zero-order chi connectivity index (χ0) is 18.3. The van der Waals surface area contributed by atoms with Gasteiger partial charge in [0.25, 0.3) is 5.09 Å². The van der Waals surface area contributed by atoms with Gasteiger partial charge in [-0.15, -0.1) is 10.1 Å². The number of hydrogen-bond acceptors (Lipinski definition) is 6. The minimum absolute atomic E-state index is 0.0184. The van der Waals surface area contributed by atoms with Gasteiger partial charge in [-0.25, -0.2) is 4.79 Å². The Balaban J connectivity index is 2.05. The van der Waals surface area contributed by atoms with Crippen molar-refractivity contribution in [3.05, 3.63) is 58.1 Å². The normalized spacial score (nSPS) is 13.2. The molecule has 0 aliphatic heterocycles. The molecule has 0 aliphatic carbocycles. The van der Waals surface area contributed by atoms with Gasteiger partial charge in [0.15, 0.2) is 5.60 Å². The molecule has 7 heteroatoms. The summed E-state index contributed by atoms with van der Waals surface area (Å²) in [6, 6.07) is 13.4. The van der Waals surface area contributed by atoms with E-state index in [1.54, 1.807) is 6.92 Å². The second-order valence-corrected chi connectivity index (χ2v) is 5.66. The first kappa shape index (κ1) is 18.7. The molecule has 2 aromatic carbocycles. The maximum atomic E-state index is 12.6. The van der Waals surface area contributed by atoms with Crippen molar-refractivity contribution in [3.63, 3.8) is 0 Å². The fraction of sp³-hybridized carbons (Fsp3) is 0.389. The molecule has 0 N–H and O–H groups in total. The van der Waals surface area contributed by atoms with Crippen LogP contribution >= 0.6 is 0 Å². The number of carbonyl (C=O) groups is 1. The van der Waals surface area contributed by atoms with E-state index in [0.717, 1.165) is 16.3 Å². The van der Waals surface area contributed by atoms with Gasteiger partial charge in [-0.2, -0.15) is 0 Å². The van der Waals surface area contributed by atoms with Crippen LogP contribution < -0.4 is 0 Å². The smallest absolute Gasteiger partial charge is 0.342 e. The van der Waals surface area contributed by atoms with Crippen molar-refractivity contribution in [3.8, 4) is 0 Å².